The first kappa shape index (κ1) is 29.6. The Morgan fingerprint density at radius 2 is 0.702 bits per heavy atom. The van der Waals surface area contributed by atoms with E-state index in [9.17, 15) is 0 Å². The summed E-state index contributed by atoms with van der Waals surface area (Å²) in [4.78, 5) is 4.49. The summed E-state index contributed by atoms with van der Waals surface area (Å²) in [5.41, 5.74) is 12.7. The first-order chi connectivity index (χ1) is 23.2. The average Bonchev–Trinajstić information content (AvgIpc) is 3.16. The minimum absolute atomic E-state index is 0.847. The monoisotopic (exact) mass is 608 g/mol. The lowest BCUT2D eigenvalue weighted by atomic mass is 10.0. The van der Waals surface area contributed by atoms with Gasteiger partial charge in [0.1, 0.15) is 5.75 Å². The molecule has 3 nitrogen and oxygen atoms in total. The van der Waals surface area contributed by atoms with Gasteiger partial charge in [-0.1, -0.05) is 115 Å². The molecule has 0 aliphatic carbocycles. The van der Waals surface area contributed by atoms with Gasteiger partial charge in [-0.05, 0) is 94.0 Å². The fraction of sp³-hybridized carbons (Fsp3) is 0.0455. The van der Waals surface area contributed by atoms with Crippen LogP contribution in [-0.4, -0.2) is 14.2 Å². The Hall–Kier alpha value is -6.06. The molecule has 47 heavy (non-hydrogen) atoms. The molecule has 7 aromatic carbocycles. The van der Waals surface area contributed by atoms with Crippen molar-refractivity contribution in [2.24, 2.45) is 0 Å². The summed E-state index contributed by atoms with van der Waals surface area (Å²) in [5, 5.41) is 0. The second-order valence-corrected chi connectivity index (χ2v) is 11.5. The molecule has 228 valence electrons. The van der Waals surface area contributed by atoms with Crippen molar-refractivity contribution < 1.29 is 4.74 Å². The van der Waals surface area contributed by atoms with Gasteiger partial charge >= 0.3 is 0 Å². The molecule has 0 bridgehead atoms. The molecule has 3 heteroatoms. The van der Waals surface area contributed by atoms with E-state index in [0.717, 1.165) is 34.2 Å². The van der Waals surface area contributed by atoms with Crippen LogP contribution in [0.15, 0.2) is 182 Å². The summed E-state index contributed by atoms with van der Waals surface area (Å²) in [7, 11) is 3.77. The van der Waals surface area contributed by atoms with Crippen LogP contribution in [-0.2, 0) is 0 Å². The largest absolute Gasteiger partial charge is 0.497 e. The second-order valence-electron chi connectivity index (χ2n) is 11.5. The quantitative estimate of drug-likeness (QED) is 0.162. The molecule has 0 atom stereocenters. The van der Waals surface area contributed by atoms with Gasteiger partial charge < -0.3 is 14.5 Å². The Morgan fingerprint density at radius 3 is 1.09 bits per heavy atom. The lowest BCUT2D eigenvalue weighted by Gasteiger charge is -2.26. The van der Waals surface area contributed by atoms with Crippen LogP contribution in [0.1, 0.15) is 0 Å². The van der Waals surface area contributed by atoms with Crippen molar-refractivity contribution in [3.05, 3.63) is 182 Å². The van der Waals surface area contributed by atoms with E-state index in [-0.39, 0.29) is 0 Å². The third-order valence-electron chi connectivity index (χ3n) is 8.62. The SMILES string of the molecule is COc1cccc(N(C)c2ccc(-c3ccc(N(c4ccc(-c5ccccc5)cc4)c4ccc(-c5ccccc5)cc4)cc3)cc2)c1. The number of nitrogens with zero attached hydrogens (tertiary/aromatic N) is 2. The third-order valence-corrected chi connectivity index (χ3v) is 8.62. The van der Waals surface area contributed by atoms with E-state index in [1.54, 1.807) is 7.11 Å². The van der Waals surface area contributed by atoms with Crippen LogP contribution in [0.25, 0.3) is 33.4 Å². The number of rotatable bonds is 9. The van der Waals surface area contributed by atoms with Crippen molar-refractivity contribution in [1.82, 2.24) is 0 Å². The lowest BCUT2D eigenvalue weighted by Crippen LogP contribution is -2.10. The maximum atomic E-state index is 5.42. The zero-order valence-electron chi connectivity index (χ0n) is 26.6. The van der Waals surface area contributed by atoms with Crippen LogP contribution in [0.5, 0.6) is 5.75 Å². The number of hydrogen-bond donors (Lipinski definition) is 0. The van der Waals surface area contributed by atoms with E-state index in [4.69, 9.17) is 4.74 Å². The smallest absolute Gasteiger partial charge is 0.120 e. The lowest BCUT2D eigenvalue weighted by molar-refractivity contribution is 0.415. The molecule has 0 saturated heterocycles. The Labute approximate surface area is 277 Å². The van der Waals surface area contributed by atoms with Gasteiger partial charge in [-0.2, -0.15) is 0 Å². The van der Waals surface area contributed by atoms with Crippen molar-refractivity contribution >= 4 is 28.4 Å². The fourth-order valence-corrected chi connectivity index (χ4v) is 5.96. The predicted molar refractivity (Wildman–Crippen MR) is 198 cm³/mol. The molecule has 0 aliphatic heterocycles. The highest BCUT2D eigenvalue weighted by Crippen LogP contribution is 2.38. The van der Waals surface area contributed by atoms with Crippen LogP contribution in [0, 0.1) is 0 Å². The first-order valence-electron chi connectivity index (χ1n) is 15.9. The van der Waals surface area contributed by atoms with E-state index in [0.29, 0.717) is 0 Å². The molecule has 7 aromatic rings. The molecule has 0 amide bonds. The Bertz CT molecular complexity index is 1950. The van der Waals surface area contributed by atoms with Gasteiger partial charge in [0.15, 0.2) is 0 Å². The fourth-order valence-electron chi connectivity index (χ4n) is 5.96. The minimum Gasteiger partial charge on any atom is -0.497 e. The summed E-state index contributed by atoms with van der Waals surface area (Å²) < 4.78 is 5.42. The molecule has 0 radical (unpaired) electrons. The van der Waals surface area contributed by atoms with Gasteiger partial charge in [-0.25, -0.2) is 0 Å². The molecular weight excluding hydrogens is 572 g/mol. The molecule has 0 N–H and O–H groups in total. The van der Waals surface area contributed by atoms with Gasteiger partial charge in [0.2, 0.25) is 0 Å². The molecule has 0 unspecified atom stereocenters. The summed E-state index contributed by atoms with van der Waals surface area (Å²) in [5.74, 6) is 0.847. The number of benzene rings is 7. The summed E-state index contributed by atoms with van der Waals surface area (Å²) in [6, 6.07) is 64.3. The molecule has 0 saturated carbocycles. The second kappa shape index (κ2) is 13.5. The average molecular weight is 609 g/mol. The zero-order valence-corrected chi connectivity index (χ0v) is 26.6. The van der Waals surface area contributed by atoms with Gasteiger partial charge in [-0.3, -0.25) is 0 Å². The van der Waals surface area contributed by atoms with Crippen molar-refractivity contribution in [2.45, 2.75) is 0 Å². The van der Waals surface area contributed by atoms with Gasteiger partial charge in [0, 0.05) is 41.6 Å². The van der Waals surface area contributed by atoms with Gasteiger partial charge in [0.25, 0.3) is 0 Å². The minimum atomic E-state index is 0.847. The first-order valence-corrected chi connectivity index (χ1v) is 15.9. The van der Waals surface area contributed by atoms with Crippen LogP contribution < -0.4 is 14.5 Å². The predicted octanol–water partition coefficient (Wildman–Crippen LogP) is 11.9. The summed E-state index contributed by atoms with van der Waals surface area (Å²) in [6.07, 6.45) is 0. The van der Waals surface area contributed by atoms with E-state index < -0.39 is 0 Å². The van der Waals surface area contributed by atoms with Gasteiger partial charge in [-0.15, -0.1) is 0 Å². The molecular formula is C44H36N2O. The number of hydrogen-bond acceptors (Lipinski definition) is 3. The summed E-state index contributed by atoms with van der Waals surface area (Å²) >= 11 is 0. The van der Waals surface area contributed by atoms with E-state index in [2.05, 4.69) is 181 Å². The van der Waals surface area contributed by atoms with Crippen molar-refractivity contribution in [2.75, 3.05) is 24.0 Å². The van der Waals surface area contributed by atoms with E-state index >= 15 is 0 Å². The highest BCUT2D eigenvalue weighted by molar-refractivity contribution is 5.81. The number of ether oxygens (including phenoxy) is 1. The Kier molecular flexibility index (Phi) is 8.52. The number of methoxy groups -OCH3 is 1. The molecule has 0 spiro atoms. The highest BCUT2D eigenvalue weighted by Gasteiger charge is 2.14. The molecule has 0 fully saturated rings. The zero-order chi connectivity index (χ0) is 32.0. The van der Waals surface area contributed by atoms with Crippen molar-refractivity contribution in [3.8, 4) is 39.1 Å². The van der Waals surface area contributed by atoms with E-state index in [1.807, 2.05) is 18.2 Å². The Morgan fingerprint density at radius 1 is 0.340 bits per heavy atom. The van der Waals surface area contributed by atoms with Crippen molar-refractivity contribution in [1.29, 1.82) is 0 Å². The maximum absolute atomic E-state index is 5.42. The van der Waals surface area contributed by atoms with Crippen LogP contribution in [0.3, 0.4) is 0 Å². The highest BCUT2D eigenvalue weighted by atomic mass is 16.5. The number of anilines is 5. The molecule has 0 heterocycles. The van der Waals surface area contributed by atoms with Crippen molar-refractivity contribution in [3.63, 3.8) is 0 Å². The molecule has 0 aromatic heterocycles. The Balaban J connectivity index is 1.18. The van der Waals surface area contributed by atoms with Crippen LogP contribution in [0.4, 0.5) is 28.4 Å². The molecule has 0 aliphatic rings. The molecule has 7 rings (SSSR count). The van der Waals surface area contributed by atoms with Gasteiger partial charge in [0.05, 0.1) is 7.11 Å². The standard InChI is InChI=1S/C44H36N2O/c1-45(43-14-9-15-44(32-43)47-2)39-24-16-37(17-25-39)38-22-30-42(31-23-38)46(40-26-18-35(19-27-40)33-10-5-3-6-11-33)41-28-20-36(21-29-41)34-12-7-4-8-13-34/h3-32H,1-2H3. The summed E-state index contributed by atoms with van der Waals surface area (Å²) in [6.45, 7) is 0. The third kappa shape index (κ3) is 6.51. The van der Waals surface area contributed by atoms with Crippen LogP contribution >= 0.6 is 0 Å². The normalized spacial score (nSPS) is 10.8. The van der Waals surface area contributed by atoms with Crippen LogP contribution in [0.2, 0.25) is 0 Å². The van der Waals surface area contributed by atoms with E-state index in [1.165, 1.54) is 33.4 Å². The topological polar surface area (TPSA) is 15.7 Å². The maximum Gasteiger partial charge on any atom is 0.120 e.